The Hall–Kier alpha value is -0.750. The van der Waals surface area contributed by atoms with Crippen molar-refractivity contribution >= 4 is 57.5 Å². The van der Waals surface area contributed by atoms with Crippen molar-refractivity contribution in [2.24, 2.45) is 0 Å². The van der Waals surface area contributed by atoms with Gasteiger partial charge < -0.3 is 10.5 Å². The number of hydrogen-bond donors (Lipinski definition) is 1. The molecule has 0 aromatic carbocycles. The molecule has 102 valence electrons. The zero-order valence-corrected chi connectivity index (χ0v) is 13.4. The van der Waals surface area contributed by atoms with Crippen LogP contribution in [0.1, 0.15) is 22.2 Å². The van der Waals surface area contributed by atoms with Crippen LogP contribution in [-0.4, -0.2) is 12.6 Å². The molecule has 3 nitrogen and oxygen atoms in total. The van der Waals surface area contributed by atoms with Gasteiger partial charge in [0.2, 0.25) is 0 Å². The number of hydrogen-bond acceptors (Lipinski definition) is 5. The molecule has 0 unspecified atom stereocenters. The monoisotopic (exact) mass is 335 g/mol. The van der Waals surface area contributed by atoms with Crippen molar-refractivity contribution < 1.29 is 9.53 Å². The SMILES string of the molecule is CCOC(=O)c1sc(-c2cc(Cl)sc2Cl)c(C)c1N. The van der Waals surface area contributed by atoms with E-state index in [0.717, 1.165) is 16.0 Å². The summed E-state index contributed by atoms with van der Waals surface area (Å²) in [5.41, 5.74) is 8.04. The molecule has 0 saturated carbocycles. The van der Waals surface area contributed by atoms with Gasteiger partial charge in [0, 0.05) is 10.4 Å². The van der Waals surface area contributed by atoms with E-state index in [2.05, 4.69) is 0 Å². The summed E-state index contributed by atoms with van der Waals surface area (Å²) in [4.78, 5) is 13.1. The van der Waals surface area contributed by atoms with Crippen molar-refractivity contribution in [2.75, 3.05) is 12.3 Å². The van der Waals surface area contributed by atoms with Gasteiger partial charge in [-0.15, -0.1) is 22.7 Å². The van der Waals surface area contributed by atoms with Crippen LogP contribution in [0.5, 0.6) is 0 Å². The Balaban J connectivity index is 2.52. The first-order valence-corrected chi connectivity index (χ1v) is 7.85. The summed E-state index contributed by atoms with van der Waals surface area (Å²) in [6.07, 6.45) is 0. The first-order valence-electron chi connectivity index (χ1n) is 5.46. The number of rotatable bonds is 3. The van der Waals surface area contributed by atoms with E-state index >= 15 is 0 Å². The Bertz CT molecular complexity index is 634. The van der Waals surface area contributed by atoms with Crippen molar-refractivity contribution in [3.63, 3.8) is 0 Å². The molecule has 0 atom stereocenters. The van der Waals surface area contributed by atoms with Gasteiger partial charge in [0.25, 0.3) is 0 Å². The van der Waals surface area contributed by atoms with Gasteiger partial charge in [-0.3, -0.25) is 0 Å². The van der Waals surface area contributed by atoms with Crippen LogP contribution in [0.15, 0.2) is 6.07 Å². The lowest BCUT2D eigenvalue weighted by Crippen LogP contribution is -2.05. The predicted molar refractivity (Wildman–Crippen MR) is 82.8 cm³/mol. The molecule has 7 heteroatoms. The summed E-state index contributed by atoms with van der Waals surface area (Å²) in [6.45, 7) is 3.92. The van der Waals surface area contributed by atoms with E-state index in [1.807, 2.05) is 6.92 Å². The zero-order chi connectivity index (χ0) is 14.2. The van der Waals surface area contributed by atoms with E-state index in [9.17, 15) is 4.79 Å². The first-order chi connectivity index (χ1) is 8.95. The number of carbonyl (C=O) groups is 1. The second-order valence-corrected chi connectivity index (χ2v) is 7.06. The van der Waals surface area contributed by atoms with Gasteiger partial charge in [-0.1, -0.05) is 23.2 Å². The van der Waals surface area contributed by atoms with E-state index in [0.29, 0.717) is 25.8 Å². The Morgan fingerprint density at radius 3 is 2.63 bits per heavy atom. The fraction of sp³-hybridized carbons (Fsp3) is 0.250. The minimum absolute atomic E-state index is 0.315. The van der Waals surface area contributed by atoms with Crippen molar-refractivity contribution in [1.29, 1.82) is 0 Å². The largest absolute Gasteiger partial charge is 0.462 e. The highest BCUT2D eigenvalue weighted by atomic mass is 35.5. The fourth-order valence-electron chi connectivity index (χ4n) is 1.63. The molecule has 0 fully saturated rings. The highest BCUT2D eigenvalue weighted by molar-refractivity contribution is 7.22. The van der Waals surface area contributed by atoms with Gasteiger partial charge in [0.1, 0.15) is 9.21 Å². The maximum atomic E-state index is 11.8. The summed E-state index contributed by atoms with van der Waals surface area (Å²) in [5, 5.41) is 0. The molecular weight excluding hydrogens is 325 g/mol. The molecular formula is C12H11Cl2NO2S2. The Morgan fingerprint density at radius 2 is 2.11 bits per heavy atom. The third-order valence-corrected chi connectivity index (χ3v) is 5.36. The van der Waals surface area contributed by atoms with Crippen LogP contribution in [0, 0.1) is 6.92 Å². The molecule has 2 aromatic rings. The van der Waals surface area contributed by atoms with Crippen molar-refractivity contribution in [1.82, 2.24) is 0 Å². The minimum Gasteiger partial charge on any atom is -0.462 e. The van der Waals surface area contributed by atoms with Gasteiger partial charge in [0.05, 0.1) is 16.6 Å². The molecule has 19 heavy (non-hydrogen) atoms. The number of nitrogens with two attached hydrogens (primary N) is 1. The lowest BCUT2D eigenvalue weighted by atomic mass is 10.1. The van der Waals surface area contributed by atoms with Gasteiger partial charge in [-0.05, 0) is 25.5 Å². The van der Waals surface area contributed by atoms with Crippen molar-refractivity contribution in [3.8, 4) is 10.4 Å². The zero-order valence-electron chi connectivity index (χ0n) is 10.3. The quantitative estimate of drug-likeness (QED) is 0.815. The van der Waals surface area contributed by atoms with Gasteiger partial charge in [-0.2, -0.15) is 0 Å². The summed E-state index contributed by atoms with van der Waals surface area (Å²) in [5.74, 6) is -0.406. The lowest BCUT2D eigenvalue weighted by molar-refractivity contribution is 0.0533. The summed E-state index contributed by atoms with van der Waals surface area (Å²) >= 11 is 14.6. The highest BCUT2D eigenvalue weighted by Gasteiger charge is 2.22. The Kier molecular flexibility index (Phi) is 4.40. The highest BCUT2D eigenvalue weighted by Crippen LogP contribution is 2.45. The number of esters is 1. The molecule has 2 rings (SSSR count). The molecule has 0 aliphatic heterocycles. The number of carbonyl (C=O) groups excluding carboxylic acids is 1. The van der Waals surface area contributed by atoms with Crippen LogP contribution < -0.4 is 5.73 Å². The number of thiophene rings is 2. The maximum Gasteiger partial charge on any atom is 0.350 e. The third-order valence-electron chi connectivity index (χ3n) is 2.56. The predicted octanol–water partition coefficient (Wildman–Crippen LogP) is 4.85. The summed E-state index contributed by atoms with van der Waals surface area (Å²) in [7, 11) is 0. The molecule has 0 amide bonds. The number of ether oxygens (including phenoxy) is 1. The molecule has 0 saturated heterocycles. The van der Waals surface area contributed by atoms with Gasteiger partial charge in [0.15, 0.2) is 0 Å². The summed E-state index contributed by atoms with van der Waals surface area (Å²) in [6, 6.07) is 1.78. The molecule has 0 radical (unpaired) electrons. The summed E-state index contributed by atoms with van der Waals surface area (Å²) < 4.78 is 6.17. The standard InChI is InChI=1S/C12H11Cl2NO2S2/c1-3-17-12(16)10-8(15)5(2)9(19-10)6-4-7(13)18-11(6)14/h4H,3,15H2,1-2H3. The molecule has 0 aliphatic rings. The van der Waals surface area contributed by atoms with E-state index in [1.54, 1.807) is 13.0 Å². The lowest BCUT2D eigenvalue weighted by Gasteiger charge is -1.99. The van der Waals surface area contributed by atoms with Crippen LogP contribution in [0.25, 0.3) is 10.4 Å². The normalized spacial score (nSPS) is 10.7. The average molecular weight is 336 g/mol. The average Bonchev–Trinajstić information content (AvgIpc) is 2.82. The molecule has 0 spiro atoms. The van der Waals surface area contributed by atoms with E-state index in [-0.39, 0.29) is 0 Å². The Labute approximate surface area is 128 Å². The van der Waals surface area contributed by atoms with E-state index in [1.165, 1.54) is 22.7 Å². The van der Waals surface area contributed by atoms with Crippen LogP contribution in [0.3, 0.4) is 0 Å². The van der Waals surface area contributed by atoms with Crippen molar-refractivity contribution in [3.05, 3.63) is 25.2 Å². The van der Waals surface area contributed by atoms with Crippen LogP contribution in [0.2, 0.25) is 8.67 Å². The number of anilines is 1. The van der Waals surface area contributed by atoms with E-state index < -0.39 is 5.97 Å². The molecule has 2 heterocycles. The van der Waals surface area contributed by atoms with Crippen molar-refractivity contribution in [2.45, 2.75) is 13.8 Å². The second-order valence-electron chi connectivity index (χ2n) is 3.76. The van der Waals surface area contributed by atoms with Gasteiger partial charge >= 0.3 is 5.97 Å². The van der Waals surface area contributed by atoms with Crippen LogP contribution in [0.4, 0.5) is 5.69 Å². The van der Waals surface area contributed by atoms with Crippen LogP contribution in [-0.2, 0) is 4.74 Å². The fourth-order valence-corrected chi connectivity index (χ4v) is 4.37. The molecule has 2 aromatic heterocycles. The van der Waals surface area contributed by atoms with E-state index in [4.69, 9.17) is 33.7 Å². The minimum atomic E-state index is -0.406. The number of halogens is 2. The second kappa shape index (κ2) is 5.71. The molecule has 0 bridgehead atoms. The Morgan fingerprint density at radius 1 is 1.42 bits per heavy atom. The smallest absolute Gasteiger partial charge is 0.350 e. The molecule has 2 N–H and O–H groups in total. The van der Waals surface area contributed by atoms with Gasteiger partial charge in [-0.25, -0.2) is 4.79 Å². The third kappa shape index (κ3) is 2.74. The maximum absolute atomic E-state index is 11.8. The van der Waals surface area contributed by atoms with Crippen LogP contribution >= 0.6 is 45.9 Å². The topological polar surface area (TPSA) is 52.3 Å². The molecule has 0 aliphatic carbocycles. The number of nitrogen functional groups attached to an aromatic ring is 1. The first kappa shape index (κ1) is 14.7.